The second-order valence-electron chi connectivity index (χ2n) is 1.41. The average Bonchev–Trinajstić information content (AvgIpc) is 2.14. The van der Waals surface area contributed by atoms with Gasteiger partial charge in [0.1, 0.15) is 0 Å². The van der Waals surface area contributed by atoms with Crippen molar-refractivity contribution in [3.63, 3.8) is 0 Å². The van der Waals surface area contributed by atoms with Gasteiger partial charge in [-0.2, -0.15) is 0 Å². The molecule has 1 aliphatic rings. The molecule has 2 heteroatoms. The molecule has 7 heavy (non-hydrogen) atoms. The van der Waals surface area contributed by atoms with Gasteiger partial charge in [0.2, 0.25) is 0 Å². The Balaban J connectivity index is 2.36. The van der Waals surface area contributed by atoms with E-state index in [0.717, 1.165) is 15.0 Å². The first-order valence-electron chi connectivity index (χ1n) is 2.28. The van der Waals surface area contributed by atoms with Crippen LogP contribution in [0.1, 0.15) is 6.42 Å². The molecule has 0 unspecified atom stereocenters. The summed E-state index contributed by atoms with van der Waals surface area (Å²) in [5.41, 5.74) is 0. The maximum atomic E-state index is 4.99. The molecule has 0 fully saturated rings. The van der Waals surface area contributed by atoms with Crippen LogP contribution in [0.4, 0.5) is 0 Å². The number of rotatable bonds is 1. The van der Waals surface area contributed by atoms with E-state index >= 15 is 0 Å². The molecule has 0 spiro atoms. The normalized spacial score (nSPS) is 19.3. The Morgan fingerprint density at radius 2 is 2.71 bits per heavy atom. The fourth-order valence-corrected chi connectivity index (χ4v) is 2.28. The molecule has 1 heterocycles. The Kier molecular flexibility index (Phi) is 1.77. The van der Waals surface area contributed by atoms with E-state index < -0.39 is 0 Å². The molecule has 0 radical (unpaired) electrons. The van der Waals surface area contributed by atoms with Gasteiger partial charge in [0.15, 0.2) is 0 Å². The van der Waals surface area contributed by atoms with Gasteiger partial charge < -0.3 is 0 Å². The SMILES string of the molecule is COC1=C[Se]CC1. The number of hydrogen-bond donors (Lipinski definition) is 0. The standard InChI is InChI=1S/C5H8OSe/c1-6-5-2-3-7-4-5/h4H,2-3H2,1H3. The molecule has 0 aromatic rings. The first kappa shape index (κ1) is 5.20. The first-order valence-corrected chi connectivity index (χ1v) is 4.48. The molecule has 0 saturated heterocycles. The third-order valence-electron chi connectivity index (χ3n) is 0.943. The van der Waals surface area contributed by atoms with Crippen molar-refractivity contribution in [3.05, 3.63) is 10.7 Å². The van der Waals surface area contributed by atoms with Crippen molar-refractivity contribution in [2.24, 2.45) is 0 Å². The maximum absolute atomic E-state index is 4.99. The molecule has 0 saturated carbocycles. The van der Waals surface area contributed by atoms with Crippen LogP contribution in [0, 0.1) is 0 Å². The van der Waals surface area contributed by atoms with E-state index in [9.17, 15) is 0 Å². The Morgan fingerprint density at radius 3 is 3.00 bits per heavy atom. The topological polar surface area (TPSA) is 9.23 Å². The molecule has 0 N–H and O–H groups in total. The summed E-state index contributed by atoms with van der Waals surface area (Å²) in [6.07, 6.45) is 1.18. The number of ether oxygens (including phenoxy) is 1. The fraction of sp³-hybridized carbons (Fsp3) is 0.600. The van der Waals surface area contributed by atoms with Gasteiger partial charge in [0.05, 0.1) is 0 Å². The van der Waals surface area contributed by atoms with E-state index in [0.29, 0.717) is 0 Å². The van der Waals surface area contributed by atoms with Crippen molar-refractivity contribution >= 4 is 15.0 Å². The summed E-state index contributed by atoms with van der Waals surface area (Å²) in [5, 5.41) is 1.34. The summed E-state index contributed by atoms with van der Waals surface area (Å²) in [6.45, 7) is 0. The average molecular weight is 163 g/mol. The van der Waals surface area contributed by atoms with Gasteiger partial charge in [0, 0.05) is 0 Å². The molecular formula is C5H8OSe. The van der Waals surface area contributed by atoms with E-state index in [1.807, 2.05) is 0 Å². The Hall–Kier alpha value is 0.0595. The van der Waals surface area contributed by atoms with Gasteiger partial charge in [-0.1, -0.05) is 0 Å². The van der Waals surface area contributed by atoms with Crippen molar-refractivity contribution in [3.8, 4) is 0 Å². The first-order chi connectivity index (χ1) is 3.43. The summed E-state index contributed by atoms with van der Waals surface area (Å²) < 4.78 is 4.99. The molecular weight excluding hydrogens is 155 g/mol. The van der Waals surface area contributed by atoms with Gasteiger partial charge in [-0.25, -0.2) is 0 Å². The zero-order chi connectivity index (χ0) is 5.11. The van der Waals surface area contributed by atoms with Crippen LogP contribution in [-0.2, 0) is 4.74 Å². The number of hydrogen-bond acceptors (Lipinski definition) is 1. The summed E-state index contributed by atoms with van der Waals surface area (Å²) in [4.78, 5) is 2.22. The van der Waals surface area contributed by atoms with Crippen molar-refractivity contribution < 1.29 is 4.74 Å². The van der Waals surface area contributed by atoms with Gasteiger partial charge in [-0.15, -0.1) is 0 Å². The second-order valence-corrected chi connectivity index (χ2v) is 3.46. The summed E-state index contributed by atoms with van der Waals surface area (Å²) in [7, 11) is 1.74. The van der Waals surface area contributed by atoms with Crippen LogP contribution in [0.2, 0.25) is 5.32 Å². The molecule has 0 aliphatic carbocycles. The monoisotopic (exact) mass is 164 g/mol. The molecule has 0 atom stereocenters. The minimum atomic E-state index is 0.755. The zero-order valence-electron chi connectivity index (χ0n) is 4.31. The summed E-state index contributed by atoms with van der Waals surface area (Å²) in [5.74, 6) is 1.19. The molecule has 1 rings (SSSR count). The van der Waals surface area contributed by atoms with E-state index in [-0.39, 0.29) is 0 Å². The van der Waals surface area contributed by atoms with Gasteiger partial charge in [-0.3, -0.25) is 0 Å². The third-order valence-corrected chi connectivity index (χ3v) is 2.77. The zero-order valence-corrected chi connectivity index (χ0v) is 6.02. The predicted molar refractivity (Wildman–Crippen MR) is 30.3 cm³/mol. The van der Waals surface area contributed by atoms with Crippen molar-refractivity contribution in [2.45, 2.75) is 11.7 Å². The molecule has 0 amide bonds. The number of allylic oxidation sites excluding steroid dienone is 1. The van der Waals surface area contributed by atoms with Crippen LogP contribution >= 0.6 is 0 Å². The summed E-state index contributed by atoms with van der Waals surface area (Å²) in [6, 6.07) is 0. The Bertz CT molecular complexity index is 88.1. The van der Waals surface area contributed by atoms with Crippen molar-refractivity contribution in [1.29, 1.82) is 0 Å². The second kappa shape index (κ2) is 2.39. The Morgan fingerprint density at radius 1 is 1.86 bits per heavy atom. The Labute approximate surface area is 49.9 Å². The van der Waals surface area contributed by atoms with E-state index in [4.69, 9.17) is 4.74 Å². The van der Waals surface area contributed by atoms with Gasteiger partial charge in [0.25, 0.3) is 0 Å². The third kappa shape index (κ3) is 1.22. The van der Waals surface area contributed by atoms with Crippen LogP contribution in [0.15, 0.2) is 10.7 Å². The molecule has 0 bridgehead atoms. The van der Waals surface area contributed by atoms with Crippen LogP contribution < -0.4 is 0 Å². The molecule has 1 aliphatic heterocycles. The molecule has 40 valence electrons. The van der Waals surface area contributed by atoms with Crippen molar-refractivity contribution in [1.82, 2.24) is 0 Å². The summed E-state index contributed by atoms with van der Waals surface area (Å²) >= 11 is 0.755. The van der Waals surface area contributed by atoms with Crippen LogP contribution in [0.25, 0.3) is 0 Å². The molecule has 0 aromatic carbocycles. The fourth-order valence-electron chi connectivity index (χ4n) is 0.520. The van der Waals surface area contributed by atoms with E-state index in [1.54, 1.807) is 7.11 Å². The van der Waals surface area contributed by atoms with Crippen LogP contribution in [0.5, 0.6) is 0 Å². The minimum absolute atomic E-state index is 0.755. The van der Waals surface area contributed by atoms with Gasteiger partial charge >= 0.3 is 49.3 Å². The van der Waals surface area contributed by atoms with E-state index in [1.165, 1.54) is 17.5 Å². The van der Waals surface area contributed by atoms with Crippen molar-refractivity contribution in [2.75, 3.05) is 7.11 Å². The van der Waals surface area contributed by atoms with Crippen LogP contribution in [-0.4, -0.2) is 22.1 Å². The van der Waals surface area contributed by atoms with E-state index in [2.05, 4.69) is 4.97 Å². The quantitative estimate of drug-likeness (QED) is 0.524. The number of methoxy groups -OCH3 is 1. The van der Waals surface area contributed by atoms with Gasteiger partial charge in [-0.05, 0) is 0 Å². The van der Waals surface area contributed by atoms with Crippen LogP contribution in [0.3, 0.4) is 0 Å². The molecule has 0 aromatic heterocycles. The molecule has 1 nitrogen and oxygen atoms in total. The predicted octanol–water partition coefficient (Wildman–Crippen LogP) is 1.00.